The first-order valence-corrected chi connectivity index (χ1v) is 8.90. The fourth-order valence-electron chi connectivity index (χ4n) is 4.34. The van der Waals surface area contributed by atoms with E-state index in [4.69, 9.17) is 5.73 Å². The summed E-state index contributed by atoms with van der Waals surface area (Å²) in [4.78, 5) is 5.48. The summed E-state index contributed by atoms with van der Waals surface area (Å²) in [7, 11) is 0. The second-order valence-electron chi connectivity index (χ2n) is 7.66. The Kier molecular flexibility index (Phi) is 4.68. The first kappa shape index (κ1) is 14.8. The molecular formula is C17H33N3. The summed E-state index contributed by atoms with van der Waals surface area (Å²) >= 11 is 0. The van der Waals surface area contributed by atoms with Gasteiger partial charge in [-0.1, -0.05) is 19.3 Å². The van der Waals surface area contributed by atoms with Crippen LogP contribution in [0.15, 0.2) is 0 Å². The molecule has 1 aliphatic carbocycles. The van der Waals surface area contributed by atoms with E-state index in [0.717, 1.165) is 18.5 Å². The third-order valence-electron chi connectivity index (χ3n) is 6.00. The van der Waals surface area contributed by atoms with E-state index in [0.29, 0.717) is 0 Å². The summed E-state index contributed by atoms with van der Waals surface area (Å²) in [5.41, 5.74) is 6.41. The minimum atomic E-state index is 0.272. The van der Waals surface area contributed by atoms with Gasteiger partial charge in [0.25, 0.3) is 0 Å². The largest absolute Gasteiger partial charge is 0.329 e. The van der Waals surface area contributed by atoms with Crippen molar-refractivity contribution in [1.82, 2.24) is 9.80 Å². The number of nitrogens with zero attached hydrogens (tertiary/aromatic N) is 2. The van der Waals surface area contributed by atoms with E-state index in [9.17, 15) is 0 Å². The minimum absolute atomic E-state index is 0.272. The van der Waals surface area contributed by atoms with Crippen molar-refractivity contribution >= 4 is 0 Å². The van der Waals surface area contributed by atoms with Crippen molar-refractivity contribution in [1.29, 1.82) is 0 Å². The number of likely N-dealkylation sites (tertiary alicyclic amines) is 2. The molecule has 1 atom stereocenters. The third kappa shape index (κ3) is 3.37. The molecule has 1 unspecified atom stereocenters. The molecule has 2 heterocycles. The maximum absolute atomic E-state index is 6.14. The molecule has 0 aromatic carbocycles. The van der Waals surface area contributed by atoms with E-state index >= 15 is 0 Å². The molecule has 0 aromatic rings. The van der Waals surface area contributed by atoms with Gasteiger partial charge in [-0.3, -0.25) is 4.90 Å². The molecule has 0 radical (unpaired) electrons. The standard InChI is InChI=1S/C17H33N3/c1-17(14-18,13-15-5-6-15)20-11-7-16(8-12-20)19-9-3-2-4-10-19/h15-16H,2-14,18H2,1H3. The number of hydrogen-bond acceptors (Lipinski definition) is 3. The molecule has 0 bridgehead atoms. The van der Waals surface area contributed by atoms with Crippen molar-refractivity contribution in [3.05, 3.63) is 0 Å². The number of piperidine rings is 2. The predicted molar refractivity (Wildman–Crippen MR) is 84.8 cm³/mol. The molecule has 0 amide bonds. The molecule has 3 heteroatoms. The van der Waals surface area contributed by atoms with E-state index in [1.165, 1.54) is 77.5 Å². The van der Waals surface area contributed by atoms with Crippen LogP contribution in [0, 0.1) is 5.92 Å². The SMILES string of the molecule is CC(CN)(CC1CC1)N1CCC(N2CCCCC2)CC1. The van der Waals surface area contributed by atoms with E-state index in [1.54, 1.807) is 0 Å². The van der Waals surface area contributed by atoms with Crippen LogP contribution in [-0.2, 0) is 0 Å². The Morgan fingerprint density at radius 3 is 2.15 bits per heavy atom. The zero-order valence-corrected chi connectivity index (χ0v) is 13.3. The lowest BCUT2D eigenvalue weighted by Gasteiger charge is -2.47. The summed E-state index contributed by atoms with van der Waals surface area (Å²) in [5.74, 6) is 0.975. The van der Waals surface area contributed by atoms with Crippen LogP contribution in [0.3, 0.4) is 0 Å². The van der Waals surface area contributed by atoms with E-state index in [-0.39, 0.29) is 5.54 Å². The van der Waals surface area contributed by atoms with E-state index in [2.05, 4.69) is 16.7 Å². The number of hydrogen-bond donors (Lipinski definition) is 1. The number of rotatable bonds is 5. The van der Waals surface area contributed by atoms with Crippen LogP contribution in [-0.4, -0.2) is 54.1 Å². The molecule has 116 valence electrons. The van der Waals surface area contributed by atoms with Crippen molar-refractivity contribution in [2.45, 2.75) is 69.9 Å². The molecule has 0 spiro atoms. The molecule has 20 heavy (non-hydrogen) atoms. The van der Waals surface area contributed by atoms with Crippen LogP contribution in [0.5, 0.6) is 0 Å². The minimum Gasteiger partial charge on any atom is -0.329 e. The molecule has 1 saturated carbocycles. The molecule has 2 N–H and O–H groups in total. The lowest BCUT2D eigenvalue weighted by molar-refractivity contribution is 0.0302. The molecule has 3 fully saturated rings. The van der Waals surface area contributed by atoms with Crippen LogP contribution < -0.4 is 5.73 Å². The highest BCUT2D eigenvalue weighted by atomic mass is 15.2. The third-order valence-corrected chi connectivity index (χ3v) is 6.00. The van der Waals surface area contributed by atoms with Gasteiger partial charge in [0.15, 0.2) is 0 Å². The zero-order valence-electron chi connectivity index (χ0n) is 13.3. The van der Waals surface area contributed by atoms with E-state index < -0.39 is 0 Å². The molecule has 3 rings (SSSR count). The predicted octanol–water partition coefficient (Wildman–Crippen LogP) is 2.45. The average Bonchev–Trinajstić information content (AvgIpc) is 3.32. The number of nitrogens with two attached hydrogens (primary N) is 1. The fourth-order valence-corrected chi connectivity index (χ4v) is 4.34. The zero-order chi connectivity index (χ0) is 14.0. The van der Waals surface area contributed by atoms with Crippen LogP contribution in [0.1, 0.15) is 58.3 Å². The van der Waals surface area contributed by atoms with Gasteiger partial charge in [0.2, 0.25) is 0 Å². The van der Waals surface area contributed by atoms with Gasteiger partial charge < -0.3 is 10.6 Å². The van der Waals surface area contributed by atoms with Crippen LogP contribution in [0.2, 0.25) is 0 Å². The summed E-state index contributed by atoms with van der Waals surface area (Å²) in [6, 6.07) is 0.856. The highest BCUT2D eigenvalue weighted by molar-refractivity contribution is 4.95. The Morgan fingerprint density at radius 2 is 1.60 bits per heavy atom. The van der Waals surface area contributed by atoms with Gasteiger partial charge in [-0.15, -0.1) is 0 Å². The second kappa shape index (κ2) is 6.33. The topological polar surface area (TPSA) is 32.5 Å². The Hall–Kier alpha value is -0.120. The first-order valence-electron chi connectivity index (χ1n) is 8.90. The van der Waals surface area contributed by atoms with Crippen molar-refractivity contribution in [3.63, 3.8) is 0 Å². The smallest absolute Gasteiger partial charge is 0.0306 e. The van der Waals surface area contributed by atoms with Gasteiger partial charge in [0.05, 0.1) is 0 Å². The van der Waals surface area contributed by atoms with Crippen LogP contribution >= 0.6 is 0 Å². The van der Waals surface area contributed by atoms with Crippen molar-refractivity contribution < 1.29 is 0 Å². The maximum Gasteiger partial charge on any atom is 0.0306 e. The highest BCUT2D eigenvalue weighted by Crippen LogP contribution is 2.39. The molecule has 2 saturated heterocycles. The molecule has 3 aliphatic rings. The average molecular weight is 279 g/mol. The Morgan fingerprint density at radius 1 is 0.950 bits per heavy atom. The van der Waals surface area contributed by atoms with Crippen molar-refractivity contribution in [2.24, 2.45) is 11.7 Å². The Labute approximate surface area is 124 Å². The second-order valence-corrected chi connectivity index (χ2v) is 7.66. The van der Waals surface area contributed by atoms with Crippen molar-refractivity contribution in [2.75, 3.05) is 32.7 Å². The monoisotopic (exact) mass is 279 g/mol. The molecular weight excluding hydrogens is 246 g/mol. The quantitative estimate of drug-likeness (QED) is 0.839. The van der Waals surface area contributed by atoms with Gasteiger partial charge in [-0.25, -0.2) is 0 Å². The normalized spacial score (nSPS) is 30.3. The molecule has 0 aromatic heterocycles. The lowest BCUT2D eigenvalue weighted by Crippen LogP contribution is -2.57. The van der Waals surface area contributed by atoms with Gasteiger partial charge >= 0.3 is 0 Å². The summed E-state index contributed by atoms with van der Waals surface area (Å²) < 4.78 is 0. The van der Waals surface area contributed by atoms with Gasteiger partial charge in [-0.05, 0) is 58.0 Å². The lowest BCUT2D eigenvalue weighted by atomic mass is 9.89. The van der Waals surface area contributed by atoms with Crippen LogP contribution in [0.4, 0.5) is 0 Å². The first-order chi connectivity index (χ1) is 9.71. The van der Waals surface area contributed by atoms with Crippen LogP contribution in [0.25, 0.3) is 0 Å². The molecule has 3 nitrogen and oxygen atoms in total. The molecule has 2 aliphatic heterocycles. The fraction of sp³-hybridized carbons (Fsp3) is 1.00. The van der Waals surface area contributed by atoms with Gasteiger partial charge in [0, 0.05) is 31.2 Å². The van der Waals surface area contributed by atoms with Crippen molar-refractivity contribution in [3.8, 4) is 0 Å². The van der Waals surface area contributed by atoms with E-state index in [1.807, 2.05) is 0 Å². The van der Waals surface area contributed by atoms with Gasteiger partial charge in [-0.2, -0.15) is 0 Å². The maximum atomic E-state index is 6.14. The Balaban J connectivity index is 1.51. The summed E-state index contributed by atoms with van der Waals surface area (Å²) in [6.07, 6.45) is 11.2. The Bertz CT molecular complexity index is 301. The summed E-state index contributed by atoms with van der Waals surface area (Å²) in [6.45, 7) is 8.47. The highest BCUT2D eigenvalue weighted by Gasteiger charge is 2.39. The van der Waals surface area contributed by atoms with Gasteiger partial charge in [0.1, 0.15) is 0 Å². The summed E-state index contributed by atoms with van der Waals surface area (Å²) in [5, 5.41) is 0.